The van der Waals surface area contributed by atoms with Gasteiger partial charge >= 0.3 is 0 Å². The molecule has 5 nitrogen and oxygen atoms in total. The Morgan fingerprint density at radius 2 is 1.48 bits per heavy atom. The van der Waals surface area contributed by atoms with Crippen LogP contribution in [0.3, 0.4) is 0 Å². The molecule has 0 amide bonds. The highest BCUT2D eigenvalue weighted by molar-refractivity contribution is 6.24. The third-order valence-electron chi connectivity index (χ3n) is 5.08. The van der Waals surface area contributed by atoms with Gasteiger partial charge in [-0.2, -0.15) is 3.84 Å². The first-order valence-electron chi connectivity index (χ1n) is 9.67. The number of nitrogens with one attached hydrogen (secondary N) is 1. The van der Waals surface area contributed by atoms with Crippen LogP contribution in [-0.2, 0) is 3.84 Å². The van der Waals surface area contributed by atoms with Crippen LogP contribution in [-0.4, -0.2) is 55.0 Å². The average Bonchev–Trinajstić information content (AvgIpc) is 2.71. The fraction of sp³-hybridized carbons (Fsp3) is 0.409. The van der Waals surface area contributed by atoms with Gasteiger partial charge in [0.25, 0.3) is 0 Å². The van der Waals surface area contributed by atoms with E-state index in [0.29, 0.717) is 12.4 Å². The van der Waals surface area contributed by atoms with E-state index in [2.05, 4.69) is 88.5 Å². The molecule has 29 heavy (non-hydrogen) atoms. The summed E-state index contributed by atoms with van der Waals surface area (Å²) in [4.78, 5) is 4.60. The predicted octanol–water partition coefficient (Wildman–Crippen LogP) is 4.94. The van der Waals surface area contributed by atoms with Gasteiger partial charge in [0.15, 0.2) is 0 Å². The summed E-state index contributed by atoms with van der Waals surface area (Å²) < 4.78 is 9.22. The highest BCUT2D eigenvalue weighted by Gasteiger charge is 2.19. The van der Waals surface area contributed by atoms with E-state index in [1.807, 2.05) is 12.1 Å². The first kappa shape index (κ1) is 23.5. The van der Waals surface area contributed by atoms with Gasteiger partial charge in [-0.15, -0.1) is 0 Å². The highest BCUT2D eigenvalue weighted by Crippen LogP contribution is 2.22. The van der Waals surface area contributed by atoms with Gasteiger partial charge < -0.3 is 9.64 Å². The van der Waals surface area contributed by atoms with Gasteiger partial charge in [-0.25, -0.2) is 0 Å². The number of piperazine rings is 1. The number of amidine groups is 1. The lowest BCUT2D eigenvalue weighted by molar-refractivity contribution is 0.153. The molecule has 7 heteroatoms. The number of hydrogen-bond donors (Lipinski definition) is 1. The van der Waals surface area contributed by atoms with Crippen LogP contribution >= 0.6 is 23.7 Å². The zero-order valence-electron chi connectivity index (χ0n) is 17.3. The molecule has 0 atom stereocenters. The Morgan fingerprint density at radius 3 is 2.03 bits per heavy atom. The predicted molar refractivity (Wildman–Crippen MR) is 120 cm³/mol. The van der Waals surface area contributed by atoms with Gasteiger partial charge in [0.2, 0.25) is 0 Å². The number of nitrogens with zero attached hydrogens (tertiary/aromatic N) is 2. The summed E-state index contributed by atoms with van der Waals surface area (Å²) in [5.41, 5.74) is 4.63. The summed E-state index contributed by atoms with van der Waals surface area (Å²) in [6.45, 7) is 11.7. The van der Waals surface area contributed by atoms with Crippen LogP contribution in [0.2, 0.25) is 0 Å². The molecule has 0 aliphatic carbocycles. The molecule has 158 valence electrons. The molecule has 0 spiro atoms. The SMILES string of the molecule is Cc1ccc(C(=N)N2CCN(CCOc3c(C)cccc3C)CC2)cc1.ClOCl. The van der Waals surface area contributed by atoms with Crippen molar-refractivity contribution in [1.82, 2.24) is 9.80 Å². The second-order valence-electron chi connectivity index (χ2n) is 7.17. The highest BCUT2D eigenvalue weighted by atomic mass is 35.6. The Hall–Kier alpha value is -1.79. The van der Waals surface area contributed by atoms with Crippen molar-refractivity contribution < 1.29 is 8.58 Å². The number of benzene rings is 2. The molecule has 1 saturated heterocycles. The molecule has 0 aromatic heterocycles. The van der Waals surface area contributed by atoms with Crippen molar-refractivity contribution in [2.45, 2.75) is 20.8 Å². The van der Waals surface area contributed by atoms with E-state index >= 15 is 0 Å². The molecule has 0 unspecified atom stereocenters. The summed E-state index contributed by atoms with van der Waals surface area (Å²) in [5, 5.41) is 8.44. The summed E-state index contributed by atoms with van der Waals surface area (Å²) in [5.74, 6) is 1.66. The molecular weight excluding hydrogens is 409 g/mol. The summed E-state index contributed by atoms with van der Waals surface area (Å²) in [6, 6.07) is 14.5. The van der Waals surface area contributed by atoms with Crippen molar-refractivity contribution in [1.29, 1.82) is 5.41 Å². The van der Waals surface area contributed by atoms with Gasteiger partial charge in [-0.05, 0) is 31.9 Å². The molecule has 1 fully saturated rings. The Bertz CT molecular complexity index is 756. The topological polar surface area (TPSA) is 48.8 Å². The molecular formula is C22H29Cl2N3O2. The maximum Gasteiger partial charge on any atom is 0.128 e. The first-order chi connectivity index (χ1) is 14.0. The van der Waals surface area contributed by atoms with Crippen LogP contribution in [0.4, 0.5) is 0 Å². The lowest BCUT2D eigenvalue weighted by Crippen LogP contribution is -2.49. The molecule has 1 aliphatic heterocycles. The number of hydrogen-bond acceptors (Lipinski definition) is 4. The minimum atomic E-state index is 0.636. The van der Waals surface area contributed by atoms with Crippen LogP contribution in [0.5, 0.6) is 5.75 Å². The molecule has 3 rings (SSSR count). The van der Waals surface area contributed by atoms with Crippen molar-refractivity contribution in [2.75, 3.05) is 39.3 Å². The lowest BCUT2D eigenvalue weighted by atomic mass is 10.1. The monoisotopic (exact) mass is 437 g/mol. The van der Waals surface area contributed by atoms with E-state index in [-0.39, 0.29) is 0 Å². The number of para-hydroxylation sites is 1. The van der Waals surface area contributed by atoms with E-state index in [1.54, 1.807) is 0 Å². The number of halogens is 2. The van der Waals surface area contributed by atoms with Crippen molar-refractivity contribution in [3.05, 3.63) is 64.7 Å². The molecule has 2 aromatic carbocycles. The third kappa shape index (κ3) is 7.19. The van der Waals surface area contributed by atoms with Gasteiger partial charge in [0.05, 0.1) is 23.7 Å². The van der Waals surface area contributed by atoms with Crippen molar-refractivity contribution in [3.8, 4) is 5.75 Å². The Labute approximate surface area is 184 Å². The molecule has 1 aliphatic rings. The molecule has 2 aromatic rings. The van der Waals surface area contributed by atoms with Crippen LogP contribution in [0, 0.1) is 26.2 Å². The minimum Gasteiger partial charge on any atom is -0.492 e. The molecule has 0 bridgehead atoms. The summed E-state index contributed by atoms with van der Waals surface area (Å²) in [6.07, 6.45) is 0. The van der Waals surface area contributed by atoms with Crippen LogP contribution in [0.25, 0.3) is 0 Å². The van der Waals surface area contributed by atoms with E-state index < -0.39 is 0 Å². The zero-order valence-corrected chi connectivity index (χ0v) is 18.8. The van der Waals surface area contributed by atoms with Crippen molar-refractivity contribution in [3.63, 3.8) is 0 Å². The van der Waals surface area contributed by atoms with E-state index in [9.17, 15) is 0 Å². The van der Waals surface area contributed by atoms with Crippen molar-refractivity contribution in [2.24, 2.45) is 0 Å². The van der Waals surface area contributed by atoms with E-state index in [1.165, 1.54) is 16.7 Å². The smallest absolute Gasteiger partial charge is 0.128 e. The molecule has 0 radical (unpaired) electrons. The maximum atomic E-state index is 8.44. The van der Waals surface area contributed by atoms with Crippen LogP contribution in [0.15, 0.2) is 42.5 Å². The van der Waals surface area contributed by atoms with Gasteiger partial charge in [-0.1, -0.05) is 48.0 Å². The molecule has 1 N–H and O–H groups in total. The van der Waals surface area contributed by atoms with Gasteiger partial charge in [0.1, 0.15) is 18.2 Å². The number of ether oxygens (including phenoxy) is 1. The fourth-order valence-electron chi connectivity index (χ4n) is 3.39. The quantitative estimate of drug-likeness (QED) is 0.531. The Morgan fingerprint density at radius 1 is 0.931 bits per heavy atom. The fourth-order valence-corrected chi connectivity index (χ4v) is 3.39. The molecule has 0 saturated carbocycles. The first-order valence-corrected chi connectivity index (χ1v) is 10.3. The standard InChI is InChI=1S/C22H29N3O.Cl2O/c1-17-7-9-20(10-8-17)22(23)25-13-11-24(12-14-25)15-16-26-21-18(2)5-4-6-19(21)3;1-3-2/h4-10,23H,11-16H2,1-3H3;. The van der Waals surface area contributed by atoms with Gasteiger partial charge in [-0.3, -0.25) is 10.3 Å². The zero-order chi connectivity index (χ0) is 21.2. The van der Waals surface area contributed by atoms with E-state index in [4.69, 9.17) is 10.1 Å². The Kier molecular flexibility index (Phi) is 9.74. The normalized spacial score (nSPS) is 14.2. The van der Waals surface area contributed by atoms with E-state index in [0.717, 1.165) is 44.0 Å². The lowest BCUT2D eigenvalue weighted by Gasteiger charge is -2.36. The summed E-state index contributed by atoms with van der Waals surface area (Å²) in [7, 11) is 0. The second-order valence-corrected chi connectivity index (χ2v) is 7.64. The van der Waals surface area contributed by atoms with Crippen LogP contribution < -0.4 is 4.74 Å². The number of rotatable bonds is 5. The number of aryl methyl sites for hydroxylation is 3. The minimum absolute atomic E-state index is 0.636. The Balaban J connectivity index is 0.000000941. The largest absolute Gasteiger partial charge is 0.492 e. The van der Waals surface area contributed by atoms with Crippen molar-refractivity contribution >= 4 is 29.6 Å². The van der Waals surface area contributed by atoms with Gasteiger partial charge in [0, 0.05) is 38.3 Å². The summed E-state index contributed by atoms with van der Waals surface area (Å²) >= 11 is 8.53. The molecule has 1 heterocycles. The maximum absolute atomic E-state index is 8.44. The van der Waals surface area contributed by atoms with Crippen LogP contribution in [0.1, 0.15) is 22.3 Å². The third-order valence-corrected chi connectivity index (χ3v) is 5.08. The second kappa shape index (κ2) is 12.0. The average molecular weight is 438 g/mol.